The zero-order valence-electron chi connectivity index (χ0n) is 11.5. The Balaban J connectivity index is 2.07. The molecule has 1 fully saturated rings. The van der Waals surface area contributed by atoms with Gasteiger partial charge in [0.25, 0.3) is 0 Å². The number of rotatable bonds is 4. The second-order valence-corrected chi connectivity index (χ2v) is 6.61. The molecule has 19 heavy (non-hydrogen) atoms. The summed E-state index contributed by atoms with van der Waals surface area (Å²) in [5.41, 5.74) is 1.17. The quantitative estimate of drug-likeness (QED) is 0.761. The van der Waals surface area contributed by atoms with Gasteiger partial charge < -0.3 is 0 Å². The minimum atomic E-state index is 0.235. The molecule has 2 atom stereocenters. The maximum absolute atomic E-state index is 6.22. The van der Waals surface area contributed by atoms with Crippen LogP contribution in [0.2, 0.25) is 5.02 Å². The van der Waals surface area contributed by atoms with Crippen molar-refractivity contribution in [1.29, 1.82) is 0 Å². The molecule has 4 heteroatoms. The molecular formula is C15H22Cl2N2. The van der Waals surface area contributed by atoms with Gasteiger partial charge in [0, 0.05) is 30.4 Å². The van der Waals surface area contributed by atoms with Crippen molar-refractivity contribution in [2.75, 3.05) is 6.54 Å². The van der Waals surface area contributed by atoms with Crippen LogP contribution in [0.15, 0.2) is 18.5 Å². The molecule has 1 aromatic rings. The summed E-state index contributed by atoms with van der Waals surface area (Å²) in [5, 5.41) is 1.00. The molecule has 106 valence electrons. The third-order valence-corrected chi connectivity index (χ3v) is 4.34. The number of likely N-dealkylation sites (tertiary alicyclic amines) is 1. The number of pyridine rings is 1. The molecule has 0 N–H and O–H groups in total. The van der Waals surface area contributed by atoms with Crippen LogP contribution in [0, 0.1) is 0 Å². The van der Waals surface area contributed by atoms with Crippen molar-refractivity contribution in [1.82, 2.24) is 9.88 Å². The Bertz CT molecular complexity index is 395. The first kappa shape index (κ1) is 15.1. The van der Waals surface area contributed by atoms with Crippen LogP contribution in [-0.4, -0.2) is 27.8 Å². The average molecular weight is 301 g/mol. The van der Waals surface area contributed by atoms with Crippen molar-refractivity contribution < 1.29 is 0 Å². The van der Waals surface area contributed by atoms with E-state index < -0.39 is 0 Å². The smallest absolute Gasteiger partial charge is 0.0634 e. The first-order valence-corrected chi connectivity index (χ1v) is 7.94. The third-order valence-electron chi connectivity index (χ3n) is 3.83. The lowest BCUT2D eigenvalue weighted by Gasteiger charge is -2.31. The zero-order valence-corrected chi connectivity index (χ0v) is 13.0. The number of aromatic nitrogens is 1. The van der Waals surface area contributed by atoms with Gasteiger partial charge in [0.05, 0.1) is 5.02 Å². The fraction of sp³-hybridized carbons (Fsp3) is 0.667. The lowest BCUT2D eigenvalue weighted by Crippen LogP contribution is -2.35. The molecule has 2 nitrogen and oxygen atoms in total. The Morgan fingerprint density at radius 3 is 3.00 bits per heavy atom. The molecule has 0 spiro atoms. The number of halogens is 2. The van der Waals surface area contributed by atoms with E-state index in [1.807, 2.05) is 12.3 Å². The first-order valence-electron chi connectivity index (χ1n) is 7.13. The molecule has 1 saturated heterocycles. The van der Waals surface area contributed by atoms with Gasteiger partial charge in [-0.1, -0.05) is 24.4 Å². The van der Waals surface area contributed by atoms with Crippen molar-refractivity contribution in [2.24, 2.45) is 0 Å². The standard InChI is InChI=1S/C15H22Cl2N2/c1-12(16)9-14-5-3-2-4-8-19(14)11-13-6-7-18-10-15(13)17/h6-7,10,12,14H,2-5,8-9,11H2,1H3. The zero-order chi connectivity index (χ0) is 13.7. The number of alkyl halides is 1. The van der Waals surface area contributed by atoms with Crippen LogP contribution in [0.5, 0.6) is 0 Å². The molecule has 1 aliphatic rings. The Morgan fingerprint density at radius 2 is 2.26 bits per heavy atom. The lowest BCUT2D eigenvalue weighted by molar-refractivity contribution is 0.181. The maximum atomic E-state index is 6.22. The number of hydrogen-bond donors (Lipinski definition) is 0. The van der Waals surface area contributed by atoms with E-state index in [0.717, 1.165) is 24.5 Å². The number of hydrogen-bond acceptors (Lipinski definition) is 2. The van der Waals surface area contributed by atoms with E-state index in [2.05, 4.69) is 16.8 Å². The molecule has 0 amide bonds. The van der Waals surface area contributed by atoms with Crippen molar-refractivity contribution in [2.45, 2.75) is 57.0 Å². The predicted octanol–water partition coefficient (Wildman–Crippen LogP) is 4.50. The Hall–Kier alpha value is -0.310. The molecular weight excluding hydrogens is 279 g/mol. The van der Waals surface area contributed by atoms with Gasteiger partial charge in [-0.15, -0.1) is 11.6 Å². The van der Waals surface area contributed by atoms with Crippen molar-refractivity contribution in [3.05, 3.63) is 29.0 Å². The van der Waals surface area contributed by atoms with Crippen molar-refractivity contribution >= 4 is 23.2 Å². The molecule has 1 aliphatic heterocycles. The van der Waals surface area contributed by atoms with Crippen LogP contribution < -0.4 is 0 Å². The minimum absolute atomic E-state index is 0.235. The maximum Gasteiger partial charge on any atom is 0.0634 e. The second kappa shape index (κ2) is 7.47. The van der Waals surface area contributed by atoms with Crippen LogP contribution in [0.1, 0.15) is 44.6 Å². The highest BCUT2D eigenvalue weighted by Crippen LogP contribution is 2.25. The van der Waals surface area contributed by atoms with E-state index in [-0.39, 0.29) is 5.38 Å². The van der Waals surface area contributed by atoms with E-state index in [9.17, 15) is 0 Å². The highest BCUT2D eigenvalue weighted by Gasteiger charge is 2.22. The van der Waals surface area contributed by atoms with E-state index >= 15 is 0 Å². The summed E-state index contributed by atoms with van der Waals surface area (Å²) in [7, 11) is 0. The van der Waals surface area contributed by atoms with Crippen LogP contribution in [0.25, 0.3) is 0 Å². The normalized spacial score (nSPS) is 23.0. The van der Waals surface area contributed by atoms with Crippen LogP contribution in [0.3, 0.4) is 0 Å². The fourth-order valence-corrected chi connectivity index (χ4v) is 3.22. The number of nitrogens with zero attached hydrogens (tertiary/aromatic N) is 2. The molecule has 1 aromatic heterocycles. The highest BCUT2D eigenvalue weighted by molar-refractivity contribution is 6.31. The minimum Gasteiger partial charge on any atom is -0.296 e. The van der Waals surface area contributed by atoms with Crippen LogP contribution >= 0.6 is 23.2 Å². The van der Waals surface area contributed by atoms with E-state index in [1.54, 1.807) is 6.20 Å². The van der Waals surface area contributed by atoms with Gasteiger partial charge >= 0.3 is 0 Å². The SMILES string of the molecule is CC(Cl)CC1CCCCCN1Cc1ccncc1Cl. The van der Waals surface area contributed by atoms with E-state index in [0.29, 0.717) is 6.04 Å². The first-order chi connectivity index (χ1) is 9.16. The van der Waals surface area contributed by atoms with Crippen LogP contribution in [0.4, 0.5) is 0 Å². The molecule has 0 saturated carbocycles. The van der Waals surface area contributed by atoms with Gasteiger partial charge in [0.1, 0.15) is 0 Å². The largest absolute Gasteiger partial charge is 0.296 e. The van der Waals surface area contributed by atoms with Gasteiger partial charge in [0.2, 0.25) is 0 Å². The van der Waals surface area contributed by atoms with E-state index in [4.69, 9.17) is 23.2 Å². The molecule has 2 heterocycles. The van der Waals surface area contributed by atoms with Gasteiger partial charge in [-0.3, -0.25) is 9.88 Å². The summed E-state index contributed by atoms with van der Waals surface area (Å²) < 4.78 is 0. The summed E-state index contributed by atoms with van der Waals surface area (Å²) in [5.74, 6) is 0. The summed E-state index contributed by atoms with van der Waals surface area (Å²) in [6.45, 7) is 4.15. The lowest BCUT2D eigenvalue weighted by atomic mass is 10.0. The summed E-state index contributed by atoms with van der Waals surface area (Å²) in [4.78, 5) is 6.60. The van der Waals surface area contributed by atoms with Gasteiger partial charge in [-0.05, 0) is 44.4 Å². The van der Waals surface area contributed by atoms with Gasteiger partial charge in [0.15, 0.2) is 0 Å². The Kier molecular flexibility index (Phi) is 5.93. The fourth-order valence-electron chi connectivity index (χ4n) is 2.84. The molecule has 2 rings (SSSR count). The molecule has 0 aliphatic carbocycles. The molecule has 2 unspecified atom stereocenters. The average Bonchev–Trinajstić information content (AvgIpc) is 2.58. The molecule has 0 bridgehead atoms. The monoisotopic (exact) mass is 300 g/mol. The van der Waals surface area contributed by atoms with Crippen molar-refractivity contribution in [3.63, 3.8) is 0 Å². The second-order valence-electron chi connectivity index (χ2n) is 5.46. The Labute approximate surface area is 126 Å². The topological polar surface area (TPSA) is 16.1 Å². The molecule has 0 radical (unpaired) electrons. The Morgan fingerprint density at radius 1 is 1.42 bits per heavy atom. The van der Waals surface area contributed by atoms with Crippen molar-refractivity contribution in [3.8, 4) is 0 Å². The molecule has 0 aromatic carbocycles. The summed E-state index contributed by atoms with van der Waals surface area (Å²) in [6, 6.07) is 2.60. The highest BCUT2D eigenvalue weighted by atomic mass is 35.5. The van der Waals surface area contributed by atoms with E-state index in [1.165, 1.54) is 31.2 Å². The van der Waals surface area contributed by atoms with Crippen LogP contribution in [-0.2, 0) is 6.54 Å². The van der Waals surface area contributed by atoms with Gasteiger partial charge in [-0.25, -0.2) is 0 Å². The predicted molar refractivity (Wildman–Crippen MR) is 81.8 cm³/mol. The third kappa shape index (κ3) is 4.62. The van der Waals surface area contributed by atoms with Gasteiger partial charge in [-0.2, -0.15) is 0 Å². The summed E-state index contributed by atoms with van der Waals surface area (Å²) >= 11 is 12.4. The summed E-state index contributed by atoms with van der Waals surface area (Å²) in [6.07, 6.45) is 9.77.